The fraction of sp³-hybridized carbons (Fsp3) is 0.0769. The first-order valence-corrected chi connectivity index (χ1v) is 10.9. The third-order valence-electron chi connectivity index (χ3n) is 5.00. The molecule has 4 aromatic rings. The van der Waals surface area contributed by atoms with Gasteiger partial charge in [0.15, 0.2) is 11.5 Å². The maximum atomic E-state index is 13.9. The summed E-state index contributed by atoms with van der Waals surface area (Å²) in [6, 6.07) is 23.1. The molecule has 0 atom stereocenters. The minimum Gasteiger partial charge on any atom is -0.493 e. The highest BCUT2D eigenvalue weighted by atomic mass is 79.9. The maximum Gasteiger partial charge on any atom is 0.271 e. The number of benzene rings is 4. The van der Waals surface area contributed by atoms with E-state index in [1.54, 1.807) is 36.4 Å². The van der Waals surface area contributed by atoms with Gasteiger partial charge in [0.25, 0.3) is 5.91 Å². The van der Waals surface area contributed by atoms with Crippen molar-refractivity contribution in [1.29, 1.82) is 0 Å². The second-order valence-corrected chi connectivity index (χ2v) is 7.99. The normalized spacial score (nSPS) is 11.0. The summed E-state index contributed by atoms with van der Waals surface area (Å²) in [6.45, 7) is 0.0517. The van der Waals surface area contributed by atoms with Gasteiger partial charge in [-0.1, -0.05) is 54.6 Å². The number of carbonyl (C=O) groups is 1. The maximum absolute atomic E-state index is 13.9. The molecule has 0 saturated heterocycles. The van der Waals surface area contributed by atoms with Crippen molar-refractivity contribution in [2.45, 2.75) is 6.61 Å². The zero-order chi connectivity index (χ0) is 23.2. The van der Waals surface area contributed by atoms with Crippen LogP contribution in [0.15, 0.2) is 88.4 Å². The van der Waals surface area contributed by atoms with E-state index in [0.717, 1.165) is 10.8 Å². The molecule has 0 unspecified atom stereocenters. The van der Waals surface area contributed by atoms with E-state index in [1.807, 2.05) is 36.4 Å². The van der Waals surface area contributed by atoms with E-state index in [1.165, 1.54) is 19.4 Å². The van der Waals surface area contributed by atoms with Gasteiger partial charge in [-0.25, -0.2) is 9.82 Å². The summed E-state index contributed by atoms with van der Waals surface area (Å²) in [4.78, 5) is 12.6. The molecule has 0 saturated carbocycles. The molecule has 0 radical (unpaired) electrons. The van der Waals surface area contributed by atoms with Crippen LogP contribution in [0, 0.1) is 5.82 Å². The first-order valence-electron chi connectivity index (χ1n) is 10.1. The molecular weight excluding hydrogens is 487 g/mol. The lowest BCUT2D eigenvalue weighted by Gasteiger charge is -2.14. The Labute approximate surface area is 199 Å². The zero-order valence-electron chi connectivity index (χ0n) is 17.7. The molecule has 1 amide bonds. The number of rotatable bonds is 7. The molecule has 0 aliphatic heterocycles. The van der Waals surface area contributed by atoms with E-state index in [2.05, 4.69) is 26.5 Å². The average Bonchev–Trinajstić information content (AvgIpc) is 2.83. The van der Waals surface area contributed by atoms with E-state index in [4.69, 9.17) is 9.47 Å². The van der Waals surface area contributed by atoms with Crippen LogP contribution in [0.3, 0.4) is 0 Å². The molecule has 0 spiro atoms. The minimum atomic E-state index is -0.335. The Morgan fingerprint density at radius 3 is 2.64 bits per heavy atom. The minimum absolute atomic E-state index is 0.0517. The number of methoxy groups -OCH3 is 1. The second kappa shape index (κ2) is 10.3. The number of amides is 1. The number of hydrogen-bond acceptors (Lipinski definition) is 4. The van der Waals surface area contributed by atoms with Crippen LogP contribution in [0.25, 0.3) is 10.8 Å². The molecule has 0 bridgehead atoms. The lowest BCUT2D eigenvalue weighted by Crippen LogP contribution is -2.17. The molecule has 0 aromatic heterocycles. The van der Waals surface area contributed by atoms with Gasteiger partial charge < -0.3 is 9.47 Å². The van der Waals surface area contributed by atoms with Gasteiger partial charge in [-0.2, -0.15) is 5.10 Å². The van der Waals surface area contributed by atoms with E-state index in [-0.39, 0.29) is 18.3 Å². The van der Waals surface area contributed by atoms with Crippen LogP contribution in [0.2, 0.25) is 0 Å². The summed E-state index contributed by atoms with van der Waals surface area (Å²) in [7, 11) is 1.51. The van der Waals surface area contributed by atoms with E-state index < -0.39 is 0 Å². The molecule has 5 nitrogen and oxygen atoms in total. The largest absolute Gasteiger partial charge is 0.493 e. The predicted octanol–water partition coefficient (Wildman–Crippen LogP) is 6.09. The van der Waals surface area contributed by atoms with Gasteiger partial charge >= 0.3 is 0 Å². The number of hydrazone groups is 1. The molecular formula is C26H20BrFN2O3. The van der Waals surface area contributed by atoms with Crippen molar-refractivity contribution in [1.82, 2.24) is 5.43 Å². The molecule has 0 aliphatic rings. The van der Waals surface area contributed by atoms with Crippen LogP contribution in [0.5, 0.6) is 11.5 Å². The summed E-state index contributed by atoms with van der Waals surface area (Å²) in [5.41, 5.74) is 4.22. The highest BCUT2D eigenvalue weighted by molar-refractivity contribution is 9.10. The van der Waals surface area contributed by atoms with Crippen LogP contribution in [0.1, 0.15) is 21.5 Å². The molecule has 0 heterocycles. The van der Waals surface area contributed by atoms with Crippen molar-refractivity contribution in [3.8, 4) is 11.5 Å². The van der Waals surface area contributed by atoms with Crippen molar-refractivity contribution < 1.29 is 18.7 Å². The summed E-state index contributed by atoms with van der Waals surface area (Å²) in [5, 5.41) is 5.92. The Bertz CT molecular complexity index is 1340. The smallest absolute Gasteiger partial charge is 0.271 e. The number of fused-ring (bicyclic) bond motifs is 1. The average molecular weight is 507 g/mol. The molecule has 7 heteroatoms. The highest BCUT2D eigenvalue weighted by Gasteiger charge is 2.13. The van der Waals surface area contributed by atoms with Crippen molar-refractivity contribution >= 4 is 38.8 Å². The molecule has 33 heavy (non-hydrogen) atoms. The van der Waals surface area contributed by atoms with E-state index in [0.29, 0.717) is 32.7 Å². The second-order valence-electron chi connectivity index (χ2n) is 7.14. The van der Waals surface area contributed by atoms with Gasteiger partial charge in [-0.3, -0.25) is 4.79 Å². The summed E-state index contributed by atoms with van der Waals surface area (Å²) in [6.07, 6.45) is 1.51. The van der Waals surface area contributed by atoms with Crippen molar-refractivity contribution in [2.24, 2.45) is 5.10 Å². The quantitative estimate of drug-likeness (QED) is 0.243. The number of halogens is 2. The lowest BCUT2D eigenvalue weighted by atomic mass is 10.0. The third-order valence-corrected chi connectivity index (χ3v) is 5.58. The molecule has 4 rings (SSSR count). The Kier molecular flexibility index (Phi) is 7.00. The van der Waals surface area contributed by atoms with Gasteiger partial charge in [-0.15, -0.1) is 0 Å². The fourth-order valence-corrected chi connectivity index (χ4v) is 3.94. The first-order chi connectivity index (χ1) is 16.1. The van der Waals surface area contributed by atoms with Crippen molar-refractivity contribution in [3.63, 3.8) is 0 Å². The highest BCUT2D eigenvalue weighted by Crippen LogP contribution is 2.37. The Hall–Kier alpha value is -3.71. The van der Waals surface area contributed by atoms with E-state index >= 15 is 0 Å². The number of carbonyl (C=O) groups excluding carboxylic acids is 1. The van der Waals surface area contributed by atoms with Gasteiger partial charge in [0.2, 0.25) is 0 Å². The Morgan fingerprint density at radius 1 is 1.06 bits per heavy atom. The van der Waals surface area contributed by atoms with E-state index in [9.17, 15) is 9.18 Å². The summed E-state index contributed by atoms with van der Waals surface area (Å²) < 4.78 is 25.7. The van der Waals surface area contributed by atoms with Crippen LogP contribution in [0.4, 0.5) is 4.39 Å². The van der Waals surface area contributed by atoms with Gasteiger partial charge in [0, 0.05) is 11.1 Å². The molecule has 4 aromatic carbocycles. The molecule has 166 valence electrons. The Morgan fingerprint density at radius 2 is 1.82 bits per heavy atom. The van der Waals surface area contributed by atoms with Gasteiger partial charge in [0.1, 0.15) is 12.4 Å². The topological polar surface area (TPSA) is 59.9 Å². The first kappa shape index (κ1) is 22.5. The zero-order valence-corrected chi connectivity index (χ0v) is 19.3. The van der Waals surface area contributed by atoms with Crippen LogP contribution >= 0.6 is 15.9 Å². The molecule has 0 fully saturated rings. The van der Waals surface area contributed by atoms with Crippen molar-refractivity contribution in [2.75, 3.05) is 7.11 Å². The SMILES string of the molecule is COc1cc(/C=N\NC(=O)c2cccc3ccccc23)cc(Br)c1OCc1ccccc1F. The number of ether oxygens (including phenoxy) is 2. The van der Waals surface area contributed by atoms with Crippen LogP contribution in [-0.4, -0.2) is 19.2 Å². The fourth-order valence-electron chi connectivity index (χ4n) is 3.37. The Balaban J connectivity index is 1.48. The van der Waals surface area contributed by atoms with Gasteiger partial charge in [0.05, 0.1) is 17.8 Å². The van der Waals surface area contributed by atoms with Crippen molar-refractivity contribution in [3.05, 3.63) is 106 Å². The number of nitrogens with one attached hydrogen (secondary N) is 1. The van der Waals surface area contributed by atoms with Crippen LogP contribution < -0.4 is 14.9 Å². The summed E-state index contributed by atoms with van der Waals surface area (Å²) >= 11 is 3.47. The number of hydrogen-bond donors (Lipinski definition) is 1. The molecule has 1 N–H and O–H groups in total. The lowest BCUT2D eigenvalue weighted by molar-refractivity contribution is 0.0957. The standard InChI is InChI=1S/C26H20BrFN2O3/c1-32-24-14-17(13-22(27)25(24)33-16-19-8-3-5-12-23(19)28)15-29-30-26(31)21-11-6-9-18-7-2-4-10-20(18)21/h2-15H,16H2,1H3,(H,30,31)/b29-15-. The molecule has 0 aliphatic carbocycles. The van der Waals surface area contributed by atoms with Crippen LogP contribution in [-0.2, 0) is 6.61 Å². The predicted molar refractivity (Wildman–Crippen MR) is 130 cm³/mol. The number of nitrogens with zero attached hydrogens (tertiary/aromatic N) is 1. The third kappa shape index (κ3) is 5.21. The van der Waals surface area contributed by atoms with Gasteiger partial charge in [-0.05, 0) is 56.5 Å². The monoisotopic (exact) mass is 506 g/mol. The summed E-state index contributed by atoms with van der Waals surface area (Å²) in [5.74, 6) is 0.248.